The van der Waals surface area contributed by atoms with Crippen LogP contribution in [0.5, 0.6) is 0 Å². The summed E-state index contributed by atoms with van der Waals surface area (Å²) in [6, 6.07) is 8.34. The van der Waals surface area contributed by atoms with Crippen LogP contribution < -0.4 is 15.4 Å². The molecule has 1 saturated carbocycles. The number of rotatable bonds is 7. The van der Waals surface area contributed by atoms with Gasteiger partial charge in [-0.1, -0.05) is 37.5 Å². The number of anilines is 1. The lowest BCUT2D eigenvalue weighted by Gasteiger charge is -2.22. The number of urea groups is 1. The third kappa shape index (κ3) is 6.53. The van der Waals surface area contributed by atoms with Crippen molar-refractivity contribution in [3.05, 3.63) is 47.3 Å². The standard InChI is InChI=1S/C20H23N3O6S2/c24-17(22-20(26)21-14-7-2-1-3-8-14)13-29-19(25)15-9-4-5-10-16(15)23-31(27,28)18-11-6-12-30-18/h4-6,9-12,14,23H,1-3,7-8,13H2,(H2,21,22,24,26). The summed E-state index contributed by atoms with van der Waals surface area (Å²) >= 11 is 1.04. The predicted octanol–water partition coefficient (Wildman–Crippen LogP) is 2.86. The van der Waals surface area contributed by atoms with E-state index in [0.29, 0.717) is 0 Å². The van der Waals surface area contributed by atoms with Crippen LogP contribution in [0.2, 0.25) is 0 Å². The number of amides is 3. The number of imide groups is 1. The number of sulfonamides is 1. The lowest BCUT2D eigenvalue weighted by molar-refractivity contribution is -0.123. The number of carbonyl (C=O) groups is 3. The molecular weight excluding hydrogens is 442 g/mol. The molecule has 11 heteroatoms. The molecule has 1 fully saturated rings. The molecule has 0 radical (unpaired) electrons. The van der Waals surface area contributed by atoms with Gasteiger partial charge < -0.3 is 10.1 Å². The smallest absolute Gasteiger partial charge is 0.340 e. The van der Waals surface area contributed by atoms with Gasteiger partial charge in [-0.05, 0) is 36.4 Å². The Bertz CT molecular complexity index is 1030. The van der Waals surface area contributed by atoms with Gasteiger partial charge in [-0.2, -0.15) is 0 Å². The molecule has 1 aromatic carbocycles. The molecule has 0 spiro atoms. The number of hydrogen-bond acceptors (Lipinski definition) is 7. The topological polar surface area (TPSA) is 131 Å². The number of carbonyl (C=O) groups excluding carboxylic acids is 3. The van der Waals surface area contributed by atoms with Crippen molar-refractivity contribution >= 4 is 45.0 Å². The van der Waals surface area contributed by atoms with Gasteiger partial charge in [-0.3, -0.25) is 14.8 Å². The molecule has 1 heterocycles. The van der Waals surface area contributed by atoms with Gasteiger partial charge in [-0.15, -0.1) is 11.3 Å². The van der Waals surface area contributed by atoms with Crippen LogP contribution in [-0.2, 0) is 19.6 Å². The van der Waals surface area contributed by atoms with Crippen LogP contribution in [0.1, 0.15) is 42.5 Å². The fourth-order valence-electron chi connectivity index (χ4n) is 3.20. The first kappa shape index (κ1) is 22.8. The average Bonchev–Trinajstić information content (AvgIpc) is 3.29. The second-order valence-electron chi connectivity index (χ2n) is 7.02. The predicted molar refractivity (Wildman–Crippen MR) is 115 cm³/mol. The summed E-state index contributed by atoms with van der Waals surface area (Å²) in [5.41, 5.74) is -0.0292. The summed E-state index contributed by atoms with van der Waals surface area (Å²) in [4.78, 5) is 36.3. The van der Waals surface area contributed by atoms with Gasteiger partial charge in [0.25, 0.3) is 15.9 Å². The summed E-state index contributed by atoms with van der Waals surface area (Å²) in [6.45, 7) is -0.678. The Labute approximate surface area is 184 Å². The summed E-state index contributed by atoms with van der Waals surface area (Å²) in [5, 5.41) is 6.48. The number of hydrogen-bond donors (Lipinski definition) is 3. The average molecular weight is 466 g/mol. The fourth-order valence-corrected chi connectivity index (χ4v) is 5.27. The molecule has 31 heavy (non-hydrogen) atoms. The molecule has 0 bridgehead atoms. The van der Waals surface area contributed by atoms with Gasteiger partial charge in [0.15, 0.2) is 6.61 Å². The van der Waals surface area contributed by atoms with Crippen molar-refractivity contribution < 1.29 is 27.5 Å². The third-order valence-electron chi connectivity index (χ3n) is 4.68. The number of esters is 1. The lowest BCUT2D eigenvalue weighted by Crippen LogP contribution is -2.46. The number of benzene rings is 1. The molecule has 0 saturated heterocycles. The van der Waals surface area contributed by atoms with Crippen LogP contribution in [0.4, 0.5) is 10.5 Å². The molecule has 0 atom stereocenters. The minimum absolute atomic E-state index is 0.0244. The van der Waals surface area contributed by atoms with Gasteiger partial charge in [0.05, 0.1) is 11.3 Å². The maximum Gasteiger partial charge on any atom is 0.340 e. The first-order chi connectivity index (χ1) is 14.8. The molecule has 0 unspecified atom stereocenters. The van der Waals surface area contributed by atoms with Crippen LogP contribution in [0.25, 0.3) is 0 Å². The molecule has 1 aromatic heterocycles. The second kappa shape index (κ2) is 10.4. The summed E-state index contributed by atoms with van der Waals surface area (Å²) < 4.78 is 32.3. The van der Waals surface area contributed by atoms with E-state index in [9.17, 15) is 22.8 Å². The second-order valence-corrected chi connectivity index (χ2v) is 9.87. The lowest BCUT2D eigenvalue weighted by atomic mass is 9.96. The van der Waals surface area contributed by atoms with Crippen molar-refractivity contribution in [2.24, 2.45) is 0 Å². The van der Waals surface area contributed by atoms with Crippen molar-refractivity contribution in [1.29, 1.82) is 0 Å². The molecule has 1 aliphatic rings. The molecule has 3 N–H and O–H groups in total. The van der Waals surface area contributed by atoms with Gasteiger partial charge in [-0.25, -0.2) is 18.0 Å². The number of nitrogens with one attached hydrogen (secondary N) is 3. The zero-order valence-corrected chi connectivity index (χ0v) is 18.3. The number of ether oxygens (including phenoxy) is 1. The minimum Gasteiger partial charge on any atom is -0.452 e. The highest BCUT2D eigenvalue weighted by Crippen LogP contribution is 2.23. The molecule has 3 amide bonds. The fraction of sp³-hybridized carbons (Fsp3) is 0.350. The van der Waals surface area contributed by atoms with E-state index in [-0.39, 0.29) is 21.5 Å². The van der Waals surface area contributed by atoms with E-state index in [0.717, 1.165) is 43.4 Å². The van der Waals surface area contributed by atoms with Crippen LogP contribution in [0.3, 0.4) is 0 Å². The Morgan fingerprint density at radius 2 is 1.77 bits per heavy atom. The van der Waals surface area contributed by atoms with Crippen LogP contribution in [0, 0.1) is 0 Å². The maximum atomic E-state index is 12.4. The molecular formula is C20H23N3O6S2. The van der Waals surface area contributed by atoms with Crippen LogP contribution >= 0.6 is 11.3 Å². The van der Waals surface area contributed by atoms with E-state index < -0.39 is 34.5 Å². The van der Waals surface area contributed by atoms with Gasteiger partial charge in [0.2, 0.25) is 0 Å². The highest BCUT2D eigenvalue weighted by Gasteiger charge is 2.21. The Morgan fingerprint density at radius 3 is 2.48 bits per heavy atom. The first-order valence-electron chi connectivity index (χ1n) is 9.78. The zero-order valence-electron chi connectivity index (χ0n) is 16.6. The van der Waals surface area contributed by atoms with Crippen molar-refractivity contribution in [3.63, 3.8) is 0 Å². The molecule has 3 rings (SSSR count). The summed E-state index contributed by atoms with van der Waals surface area (Å²) in [7, 11) is -3.86. The number of thiophene rings is 1. The Balaban J connectivity index is 1.54. The molecule has 0 aliphatic heterocycles. The molecule has 9 nitrogen and oxygen atoms in total. The van der Waals surface area contributed by atoms with Gasteiger partial charge in [0, 0.05) is 6.04 Å². The van der Waals surface area contributed by atoms with Crippen molar-refractivity contribution in [3.8, 4) is 0 Å². The Morgan fingerprint density at radius 1 is 1.03 bits per heavy atom. The third-order valence-corrected chi connectivity index (χ3v) is 7.44. The zero-order chi connectivity index (χ0) is 22.3. The van der Waals surface area contributed by atoms with E-state index in [1.54, 1.807) is 17.5 Å². The van der Waals surface area contributed by atoms with Gasteiger partial charge >= 0.3 is 12.0 Å². The van der Waals surface area contributed by atoms with Crippen molar-refractivity contribution in [1.82, 2.24) is 10.6 Å². The van der Waals surface area contributed by atoms with E-state index >= 15 is 0 Å². The van der Waals surface area contributed by atoms with Crippen molar-refractivity contribution in [2.45, 2.75) is 42.4 Å². The van der Waals surface area contributed by atoms with E-state index in [1.165, 1.54) is 24.3 Å². The minimum atomic E-state index is -3.86. The molecule has 2 aromatic rings. The van der Waals surface area contributed by atoms with Gasteiger partial charge in [0.1, 0.15) is 4.21 Å². The van der Waals surface area contributed by atoms with E-state index in [2.05, 4.69) is 15.4 Å². The summed E-state index contributed by atoms with van der Waals surface area (Å²) in [6.07, 6.45) is 4.95. The SMILES string of the molecule is O=C(COC(=O)c1ccccc1NS(=O)(=O)c1cccs1)NC(=O)NC1CCCCC1. The quantitative estimate of drug-likeness (QED) is 0.539. The van der Waals surface area contributed by atoms with E-state index in [4.69, 9.17) is 4.74 Å². The monoisotopic (exact) mass is 465 g/mol. The normalized spacial score (nSPS) is 14.5. The number of para-hydroxylation sites is 1. The van der Waals surface area contributed by atoms with Crippen LogP contribution in [-0.4, -0.2) is 39.0 Å². The first-order valence-corrected chi connectivity index (χ1v) is 12.1. The molecule has 166 valence electrons. The highest BCUT2D eigenvalue weighted by molar-refractivity contribution is 7.94. The van der Waals surface area contributed by atoms with E-state index in [1.807, 2.05) is 0 Å². The van der Waals surface area contributed by atoms with Crippen molar-refractivity contribution in [2.75, 3.05) is 11.3 Å². The maximum absolute atomic E-state index is 12.4. The summed E-state index contributed by atoms with van der Waals surface area (Å²) in [5.74, 6) is -1.68. The largest absolute Gasteiger partial charge is 0.452 e. The Hall–Kier alpha value is -2.92. The highest BCUT2D eigenvalue weighted by atomic mass is 32.2. The molecule has 1 aliphatic carbocycles. The Kier molecular flexibility index (Phi) is 7.64. The van der Waals surface area contributed by atoms with Crippen LogP contribution in [0.15, 0.2) is 46.0 Å².